The van der Waals surface area contributed by atoms with Crippen molar-refractivity contribution in [2.24, 2.45) is 0 Å². The number of fused-ring (bicyclic) bond motifs is 1. The Hall–Kier alpha value is -2.86. The van der Waals surface area contributed by atoms with Gasteiger partial charge in [0.25, 0.3) is 5.56 Å². The van der Waals surface area contributed by atoms with Gasteiger partial charge in [-0.25, -0.2) is 4.98 Å². The van der Waals surface area contributed by atoms with Gasteiger partial charge in [0.1, 0.15) is 5.75 Å². The van der Waals surface area contributed by atoms with E-state index >= 15 is 0 Å². The van der Waals surface area contributed by atoms with Gasteiger partial charge in [0, 0.05) is 26.1 Å². The van der Waals surface area contributed by atoms with Crippen LogP contribution in [0, 0.1) is 6.92 Å². The van der Waals surface area contributed by atoms with Crippen LogP contribution in [0.3, 0.4) is 0 Å². The highest BCUT2D eigenvalue weighted by Gasteiger charge is 2.22. The van der Waals surface area contributed by atoms with Gasteiger partial charge >= 0.3 is 0 Å². The quantitative estimate of drug-likeness (QED) is 0.782. The summed E-state index contributed by atoms with van der Waals surface area (Å²) in [5, 5.41) is 0. The zero-order valence-electron chi connectivity index (χ0n) is 14.9. The zero-order chi connectivity index (χ0) is 18.1. The van der Waals surface area contributed by atoms with E-state index < -0.39 is 0 Å². The molecule has 0 saturated carbocycles. The summed E-state index contributed by atoms with van der Waals surface area (Å²) in [5.74, 6) is 1.95. The maximum Gasteiger partial charge on any atom is 0.256 e. The molecule has 0 amide bonds. The van der Waals surface area contributed by atoms with Crippen molar-refractivity contribution in [2.45, 2.75) is 26.4 Å². The Morgan fingerprint density at radius 1 is 1.35 bits per heavy atom. The van der Waals surface area contributed by atoms with Crippen LogP contribution in [-0.4, -0.2) is 28.5 Å². The van der Waals surface area contributed by atoms with Gasteiger partial charge in [0.2, 0.25) is 0 Å². The molecule has 1 aromatic carbocycles. The van der Waals surface area contributed by atoms with Crippen LogP contribution in [0.1, 0.15) is 22.4 Å². The van der Waals surface area contributed by atoms with Crippen molar-refractivity contribution in [3.63, 3.8) is 0 Å². The van der Waals surface area contributed by atoms with E-state index in [2.05, 4.69) is 27.9 Å². The summed E-state index contributed by atoms with van der Waals surface area (Å²) in [6, 6.07) is 9.69. The fourth-order valence-electron chi connectivity index (χ4n) is 3.36. The molecule has 0 bridgehead atoms. The van der Waals surface area contributed by atoms with Crippen LogP contribution in [0.2, 0.25) is 0 Å². The van der Waals surface area contributed by atoms with Gasteiger partial charge in [-0.2, -0.15) is 0 Å². The molecule has 3 aromatic rings. The van der Waals surface area contributed by atoms with Crippen LogP contribution in [0.4, 0.5) is 0 Å². The molecule has 1 aliphatic rings. The maximum absolute atomic E-state index is 12.5. The third-order valence-corrected chi connectivity index (χ3v) is 4.85. The number of benzene rings is 1. The lowest BCUT2D eigenvalue weighted by atomic mass is 10.0. The van der Waals surface area contributed by atoms with Gasteiger partial charge in [0.15, 0.2) is 11.6 Å². The summed E-state index contributed by atoms with van der Waals surface area (Å²) < 4.78 is 10.6. The summed E-state index contributed by atoms with van der Waals surface area (Å²) in [6.07, 6.45) is 2.33. The maximum atomic E-state index is 12.5. The lowest BCUT2D eigenvalue weighted by molar-refractivity contribution is 0.241. The Balaban J connectivity index is 1.56. The molecule has 0 radical (unpaired) electrons. The number of aryl methyl sites for hydroxylation is 1. The summed E-state index contributed by atoms with van der Waals surface area (Å²) in [7, 11) is 1.67. The van der Waals surface area contributed by atoms with Gasteiger partial charge in [-0.05, 0) is 42.3 Å². The Labute approximate surface area is 151 Å². The molecule has 0 atom stereocenters. The monoisotopic (exact) mass is 351 g/mol. The predicted molar refractivity (Wildman–Crippen MR) is 98.1 cm³/mol. The Morgan fingerprint density at radius 3 is 2.96 bits per heavy atom. The van der Waals surface area contributed by atoms with Crippen LogP contribution < -0.4 is 10.3 Å². The van der Waals surface area contributed by atoms with Gasteiger partial charge in [-0.3, -0.25) is 9.69 Å². The number of hydrogen-bond donors (Lipinski definition) is 1. The van der Waals surface area contributed by atoms with E-state index in [4.69, 9.17) is 9.15 Å². The number of nitrogens with zero attached hydrogens (tertiary/aromatic N) is 2. The van der Waals surface area contributed by atoms with E-state index in [1.54, 1.807) is 25.5 Å². The highest BCUT2D eigenvalue weighted by Crippen LogP contribution is 2.22. The molecule has 3 heterocycles. The zero-order valence-corrected chi connectivity index (χ0v) is 14.9. The van der Waals surface area contributed by atoms with Crippen LogP contribution in [0.25, 0.3) is 11.6 Å². The topological polar surface area (TPSA) is 71.4 Å². The summed E-state index contributed by atoms with van der Waals surface area (Å²) in [4.78, 5) is 22.3. The number of methoxy groups -OCH3 is 1. The second-order valence-electron chi connectivity index (χ2n) is 6.57. The smallest absolute Gasteiger partial charge is 0.256 e. The Morgan fingerprint density at radius 2 is 2.23 bits per heavy atom. The third kappa shape index (κ3) is 3.15. The lowest BCUT2D eigenvalue weighted by Crippen LogP contribution is -2.35. The third-order valence-electron chi connectivity index (χ3n) is 4.85. The molecule has 0 saturated heterocycles. The average Bonchev–Trinajstić information content (AvgIpc) is 3.18. The molecule has 134 valence electrons. The molecular weight excluding hydrogens is 330 g/mol. The number of furan rings is 1. The average molecular weight is 351 g/mol. The Kier molecular flexibility index (Phi) is 4.34. The van der Waals surface area contributed by atoms with Crippen molar-refractivity contribution >= 4 is 0 Å². The molecule has 6 nitrogen and oxygen atoms in total. The summed E-state index contributed by atoms with van der Waals surface area (Å²) >= 11 is 0. The van der Waals surface area contributed by atoms with Crippen LogP contribution in [-0.2, 0) is 19.5 Å². The van der Waals surface area contributed by atoms with Crippen molar-refractivity contribution in [3.8, 4) is 17.3 Å². The number of aromatic amines is 1. The molecule has 0 unspecified atom stereocenters. The minimum atomic E-state index is -0.0856. The number of rotatable bonds is 4. The highest BCUT2D eigenvalue weighted by molar-refractivity contribution is 5.47. The minimum Gasteiger partial charge on any atom is -0.497 e. The predicted octanol–water partition coefficient (Wildman–Crippen LogP) is 2.91. The molecule has 0 fully saturated rings. The normalized spacial score (nSPS) is 14.2. The van der Waals surface area contributed by atoms with Crippen molar-refractivity contribution in [3.05, 3.63) is 69.3 Å². The first-order chi connectivity index (χ1) is 12.6. The molecule has 26 heavy (non-hydrogen) atoms. The molecule has 0 aliphatic carbocycles. The number of H-pyrrole nitrogens is 1. The van der Waals surface area contributed by atoms with Gasteiger partial charge in [0.05, 0.1) is 24.6 Å². The lowest BCUT2D eigenvalue weighted by Gasteiger charge is -2.28. The molecule has 1 N–H and O–H groups in total. The number of ether oxygens (including phenoxy) is 1. The van der Waals surface area contributed by atoms with Gasteiger partial charge in [-0.15, -0.1) is 0 Å². The highest BCUT2D eigenvalue weighted by atomic mass is 16.5. The van der Waals surface area contributed by atoms with Crippen LogP contribution in [0.5, 0.6) is 5.75 Å². The van der Waals surface area contributed by atoms with Gasteiger partial charge < -0.3 is 14.1 Å². The SMILES string of the molecule is COc1ccc(CN2CCc3nc(-c4ccco4)[nH]c(=O)c3C2)c(C)c1. The largest absolute Gasteiger partial charge is 0.497 e. The van der Waals surface area contributed by atoms with E-state index in [9.17, 15) is 4.79 Å². The van der Waals surface area contributed by atoms with Crippen molar-refractivity contribution in [1.82, 2.24) is 14.9 Å². The fraction of sp³-hybridized carbons (Fsp3) is 0.300. The first-order valence-corrected chi connectivity index (χ1v) is 8.66. The summed E-state index contributed by atoms with van der Waals surface area (Å²) in [6.45, 7) is 4.35. The van der Waals surface area contributed by atoms with E-state index in [0.717, 1.165) is 36.5 Å². The standard InChI is InChI=1S/C20H21N3O3/c1-13-10-15(25-2)6-5-14(13)11-23-8-7-17-16(12-23)20(24)22-19(21-17)18-4-3-9-26-18/h3-6,9-10H,7-8,11-12H2,1-2H3,(H,21,22,24). The van der Waals surface area contributed by atoms with Crippen LogP contribution in [0.15, 0.2) is 45.8 Å². The second-order valence-corrected chi connectivity index (χ2v) is 6.57. The second kappa shape index (κ2) is 6.80. The van der Waals surface area contributed by atoms with Crippen molar-refractivity contribution in [1.29, 1.82) is 0 Å². The molecule has 0 spiro atoms. The van der Waals surface area contributed by atoms with Crippen molar-refractivity contribution < 1.29 is 9.15 Å². The van der Waals surface area contributed by atoms with E-state index in [1.807, 2.05) is 12.1 Å². The first kappa shape index (κ1) is 16.6. The molecule has 1 aliphatic heterocycles. The Bertz CT molecular complexity index is 976. The van der Waals surface area contributed by atoms with Gasteiger partial charge in [-0.1, -0.05) is 6.07 Å². The fourth-order valence-corrected chi connectivity index (χ4v) is 3.36. The minimum absolute atomic E-state index is 0.0856. The van der Waals surface area contributed by atoms with E-state index in [1.165, 1.54) is 11.1 Å². The molecule has 4 rings (SSSR count). The summed E-state index contributed by atoms with van der Waals surface area (Å²) in [5.41, 5.74) is 3.96. The van der Waals surface area contributed by atoms with E-state index in [-0.39, 0.29) is 5.56 Å². The molecule has 2 aromatic heterocycles. The first-order valence-electron chi connectivity index (χ1n) is 8.66. The number of nitrogens with one attached hydrogen (secondary N) is 1. The number of hydrogen-bond acceptors (Lipinski definition) is 5. The van der Waals surface area contributed by atoms with Crippen LogP contribution >= 0.6 is 0 Å². The van der Waals surface area contributed by atoms with Crippen molar-refractivity contribution in [2.75, 3.05) is 13.7 Å². The number of aromatic nitrogens is 2. The molecule has 6 heteroatoms. The molecular formula is C20H21N3O3. The van der Waals surface area contributed by atoms with E-state index in [0.29, 0.717) is 18.1 Å².